The first kappa shape index (κ1) is 15.5. The van der Waals surface area contributed by atoms with E-state index in [1.54, 1.807) is 0 Å². The summed E-state index contributed by atoms with van der Waals surface area (Å²) in [5.74, 6) is 0.601. The van der Waals surface area contributed by atoms with Gasteiger partial charge in [0.2, 0.25) is 0 Å². The molecular formula is C18H26N2O2. The molecule has 0 saturated carbocycles. The summed E-state index contributed by atoms with van der Waals surface area (Å²) in [5.41, 5.74) is 2.05. The number of hydrogen-bond donors (Lipinski definition) is 0. The third kappa shape index (κ3) is 3.03. The van der Waals surface area contributed by atoms with Crippen molar-refractivity contribution in [2.24, 2.45) is 0 Å². The summed E-state index contributed by atoms with van der Waals surface area (Å²) in [6.07, 6.45) is 1.05. The first-order valence-electron chi connectivity index (χ1n) is 8.25. The highest BCUT2D eigenvalue weighted by Gasteiger charge is 2.32. The molecule has 0 radical (unpaired) electrons. The number of rotatable bonds is 2. The van der Waals surface area contributed by atoms with Crippen molar-refractivity contribution in [3.05, 3.63) is 35.4 Å². The summed E-state index contributed by atoms with van der Waals surface area (Å²) in [6, 6.07) is 8.64. The lowest BCUT2D eigenvalue weighted by atomic mass is 9.96. The molecule has 2 aliphatic rings. The van der Waals surface area contributed by atoms with Crippen molar-refractivity contribution < 1.29 is 9.53 Å². The average molecular weight is 302 g/mol. The number of nitrogens with zero attached hydrogens (tertiary/aromatic N) is 2. The van der Waals surface area contributed by atoms with Gasteiger partial charge in [-0.25, -0.2) is 0 Å². The monoisotopic (exact) mass is 302 g/mol. The van der Waals surface area contributed by atoms with Crippen LogP contribution in [0.15, 0.2) is 24.3 Å². The van der Waals surface area contributed by atoms with E-state index in [0.29, 0.717) is 5.92 Å². The predicted molar refractivity (Wildman–Crippen MR) is 87.2 cm³/mol. The maximum atomic E-state index is 13.0. The minimum Gasteiger partial charge on any atom is -0.381 e. The van der Waals surface area contributed by atoms with Gasteiger partial charge < -0.3 is 14.5 Å². The van der Waals surface area contributed by atoms with E-state index in [2.05, 4.69) is 37.9 Å². The first-order valence-corrected chi connectivity index (χ1v) is 8.25. The fourth-order valence-electron chi connectivity index (χ4n) is 3.86. The second-order valence-electron chi connectivity index (χ2n) is 6.82. The van der Waals surface area contributed by atoms with Gasteiger partial charge in [0.15, 0.2) is 0 Å². The van der Waals surface area contributed by atoms with Crippen molar-refractivity contribution in [2.75, 3.05) is 33.4 Å². The fraction of sp³-hybridized carbons (Fsp3) is 0.611. The Balaban J connectivity index is 1.81. The number of benzene rings is 1. The summed E-state index contributed by atoms with van der Waals surface area (Å²) in [6.45, 7) is 7.75. The summed E-state index contributed by atoms with van der Waals surface area (Å²) in [4.78, 5) is 17.3. The molecule has 0 aliphatic carbocycles. The molecule has 0 unspecified atom stereocenters. The van der Waals surface area contributed by atoms with Crippen molar-refractivity contribution in [3.63, 3.8) is 0 Å². The van der Waals surface area contributed by atoms with Crippen LogP contribution in [0.25, 0.3) is 0 Å². The molecule has 2 fully saturated rings. The molecule has 120 valence electrons. The van der Waals surface area contributed by atoms with Crippen molar-refractivity contribution in [2.45, 2.75) is 38.3 Å². The van der Waals surface area contributed by atoms with Gasteiger partial charge in [-0.3, -0.25) is 4.79 Å². The molecule has 3 atom stereocenters. The van der Waals surface area contributed by atoms with Crippen LogP contribution in [-0.4, -0.2) is 61.1 Å². The van der Waals surface area contributed by atoms with E-state index < -0.39 is 0 Å². The number of carbonyl (C=O) groups is 1. The Labute approximate surface area is 133 Å². The number of amides is 1. The maximum Gasteiger partial charge on any atom is 0.254 e. The Morgan fingerprint density at radius 1 is 1.23 bits per heavy atom. The SMILES string of the molecule is C[C@@H]1CN(C)C[C@H](C)N1C(=O)c1cccc([C@@H]2CCOC2)c1. The van der Waals surface area contributed by atoms with Gasteiger partial charge >= 0.3 is 0 Å². The zero-order valence-corrected chi connectivity index (χ0v) is 13.8. The Morgan fingerprint density at radius 3 is 2.59 bits per heavy atom. The normalized spacial score (nSPS) is 29.8. The molecule has 0 bridgehead atoms. The average Bonchev–Trinajstić information content (AvgIpc) is 3.00. The molecule has 3 rings (SSSR count). The van der Waals surface area contributed by atoms with Gasteiger partial charge in [-0.15, -0.1) is 0 Å². The van der Waals surface area contributed by atoms with Gasteiger partial charge in [0, 0.05) is 43.3 Å². The van der Waals surface area contributed by atoms with Crippen LogP contribution in [0, 0.1) is 0 Å². The van der Waals surface area contributed by atoms with Gasteiger partial charge in [-0.1, -0.05) is 12.1 Å². The molecule has 0 N–H and O–H groups in total. The molecule has 1 aromatic carbocycles. The molecule has 0 aromatic heterocycles. The lowest BCUT2D eigenvalue weighted by Crippen LogP contribution is -2.57. The fourth-order valence-corrected chi connectivity index (χ4v) is 3.86. The Hall–Kier alpha value is -1.39. The molecule has 22 heavy (non-hydrogen) atoms. The number of likely N-dealkylation sites (N-methyl/N-ethyl adjacent to an activating group) is 1. The first-order chi connectivity index (χ1) is 10.6. The van der Waals surface area contributed by atoms with Gasteiger partial charge in [-0.05, 0) is 45.0 Å². The van der Waals surface area contributed by atoms with E-state index in [4.69, 9.17) is 4.74 Å². The summed E-state index contributed by atoms with van der Waals surface area (Å²) >= 11 is 0. The van der Waals surface area contributed by atoms with E-state index >= 15 is 0 Å². The van der Waals surface area contributed by atoms with Crippen LogP contribution < -0.4 is 0 Å². The van der Waals surface area contributed by atoms with E-state index in [0.717, 1.165) is 38.3 Å². The summed E-state index contributed by atoms with van der Waals surface area (Å²) < 4.78 is 5.47. The van der Waals surface area contributed by atoms with E-state index in [1.165, 1.54) is 5.56 Å². The molecule has 0 spiro atoms. The standard InChI is InChI=1S/C18H26N2O2/c1-13-10-19(3)11-14(2)20(13)18(21)16-6-4-5-15(9-16)17-7-8-22-12-17/h4-6,9,13-14,17H,7-8,10-12H2,1-3H3/t13-,14+,17-/m1/s1. The van der Waals surface area contributed by atoms with Crippen LogP contribution in [0.4, 0.5) is 0 Å². The van der Waals surface area contributed by atoms with Crippen LogP contribution in [0.5, 0.6) is 0 Å². The Morgan fingerprint density at radius 2 is 1.95 bits per heavy atom. The molecule has 2 aliphatic heterocycles. The van der Waals surface area contributed by atoms with E-state index in [9.17, 15) is 4.79 Å². The highest BCUT2D eigenvalue weighted by Crippen LogP contribution is 2.27. The van der Waals surface area contributed by atoms with Crippen LogP contribution in [-0.2, 0) is 4.74 Å². The lowest BCUT2D eigenvalue weighted by molar-refractivity contribution is 0.0350. The third-order valence-electron chi connectivity index (χ3n) is 4.87. The number of hydrogen-bond acceptors (Lipinski definition) is 3. The minimum absolute atomic E-state index is 0.161. The van der Waals surface area contributed by atoms with Gasteiger partial charge in [0.05, 0.1) is 6.61 Å². The Kier molecular flexibility index (Phi) is 4.50. The van der Waals surface area contributed by atoms with Gasteiger partial charge in [0.25, 0.3) is 5.91 Å². The molecule has 1 aromatic rings. The maximum absolute atomic E-state index is 13.0. The van der Waals surface area contributed by atoms with E-state index in [1.807, 2.05) is 17.0 Å². The van der Waals surface area contributed by atoms with Crippen molar-refractivity contribution in [1.29, 1.82) is 0 Å². The van der Waals surface area contributed by atoms with E-state index in [-0.39, 0.29) is 18.0 Å². The molecule has 4 nitrogen and oxygen atoms in total. The molecule has 4 heteroatoms. The smallest absolute Gasteiger partial charge is 0.254 e. The summed E-state index contributed by atoms with van der Waals surface area (Å²) in [5, 5.41) is 0. The van der Waals surface area contributed by atoms with Crippen molar-refractivity contribution in [3.8, 4) is 0 Å². The number of carbonyl (C=O) groups excluding carboxylic acids is 1. The van der Waals surface area contributed by atoms with Crippen LogP contribution in [0.3, 0.4) is 0 Å². The van der Waals surface area contributed by atoms with Crippen LogP contribution in [0.1, 0.15) is 42.1 Å². The quantitative estimate of drug-likeness (QED) is 0.841. The second-order valence-corrected chi connectivity index (χ2v) is 6.82. The van der Waals surface area contributed by atoms with Crippen molar-refractivity contribution in [1.82, 2.24) is 9.80 Å². The lowest BCUT2D eigenvalue weighted by Gasteiger charge is -2.43. The zero-order chi connectivity index (χ0) is 15.7. The number of ether oxygens (including phenoxy) is 1. The minimum atomic E-state index is 0.161. The third-order valence-corrected chi connectivity index (χ3v) is 4.87. The second kappa shape index (κ2) is 6.39. The highest BCUT2D eigenvalue weighted by molar-refractivity contribution is 5.95. The zero-order valence-electron chi connectivity index (χ0n) is 13.8. The highest BCUT2D eigenvalue weighted by atomic mass is 16.5. The van der Waals surface area contributed by atoms with Crippen molar-refractivity contribution >= 4 is 5.91 Å². The predicted octanol–water partition coefficient (Wildman–Crippen LogP) is 2.36. The van der Waals surface area contributed by atoms with Crippen LogP contribution in [0.2, 0.25) is 0 Å². The van der Waals surface area contributed by atoms with Gasteiger partial charge in [0.1, 0.15) is 0 Å². The molecular weight excluding hydrogens is 276 g/mol. The topological polar surface area (TPSA) is 32.8 Å². The summed E-state index contributed by atoms with van der Waals surface area (Å²) in [7, 11) is 2.12. The largest absolute Gasteiger partial charge is 0.381 e. The molecule has 1 amide bonds. The Bertz CT molecular complexity index is 528. The van der Waals surface area contributed by atoms with Gasteiger partial charge in [-0.2, -0.15) is 0 Å². The van der Waals surface area contributed by atoms with Crippen LogP contribution >= 0.6 is 0 Å². The molecule has 2 heterocycles. The number of piperazine rings is 1. The molecule has 2 saturated heterocycles.